The molecule has 5 heteroatoms. The molecule has 0 heterocycles. The van der Waals surface area contributed by atoms with E-state index in [4.69, 9.17) is 34.8 Å². The van der Waals surface area contributed by atoms with Crippen LogP contribution >= 0.6 is 34.8 Å². The Labute approximate surface area is 132 Å². The molecule has 0 saturated heterocycles. The number of nitrogens with one attached hydrogen (secondary N) is 1. The third-order valence-electron chi connectivity index (χ3n) is 2.53. The van der Waals surface area contributed by atoms with E-state index in [1.165, 1.54) is 12.3 Å². The first kappa shape index (κ1) is 14.9. The molecule has 0 bridgehead atoms. The molecular formula is C15H10Cl3NO. The topological polar surface area (TPSA) is 29.1 Å². The van der Waals surface area contributed by atoms with Gasteiger partial charge in [-0.2, -0.15) is 0 Å². The number of hydrogen-bond acceptors (Lipinski definition) is 2. The third-order valence-corrected chi connectivity index (χ3v) is 3.35. The summed E-state index contributed by atoms with van der Waals surface area (Å²) >= 11 is 17.6. The van der Waals surface area contributed by atoms with Crippen molar-refractivity contribution in [3.05, 3.63) is 75.4 Å². The van der Waals surface area contributed by atoms with Crippen LogP contribution in [0.5, 0.6) is 0 Å². The smallest absolute Gasteiger partial charge is 0.187 e. The molecule has 2 aromatic carbocycles. The SMILES string of the molecule is O=C(/C=C/Nc1cc(Cl)ccc1Cl)c1ccc(Cl)cc1. The van der Waals surface area contributed by atoms with E-state index < -0.39 is 0 Å². The third kappa shape index (κ3) is 4.01. The van der Waals surface area contributed by atoms with Crippen LogP contribution in [-0.4, -0.2) is 5.78 Å². The Bertz CT molecular complexity index is 651. The summed E-state index contributed by atoms with van der Waals surface area (Å²) in [4.78, 5) is 11.9. The summed E-state index contributed by atoms with van der Waals surface area (Å²) in [5.41, 5.74) is 1.20. The van der Waals surface area contributed by atoms with Gasteiger partial charge in [0.25, 0.3) is 0 Å². The number of anilines is 1. The fourth-order valence-corrected chi connectivity index (χ4v) is 2.00. The Morgan fingerprint density at radius 1 is 0.950 bits per heavy atom. The molecule has 2 aromatic rings. The van der Waals surface area contributed by atoms with Gasteiger partial charge < -0.3 is 5.32 Å². The molecule has 0 aromatic heterocycles. The van der Waals surface area contributed by atoms with Crippen LogP contribution in [-0.2, 0) is 0 Å². The van der Waals surface area contributed by atoms with Crippen molar-refractivity contribution in [2.75, 3.05) is 5.32 Å². The summed E-state index contributed by atoms with van der Waals surface area (Å²) in [6.07, 6.45) is 2.94. The fraction of sp³-hybridized carbons (Fsp3) is 0. The van der Waals surface area contributed by atoms with E-state index in [-0.39, 0.29) is 5.78 Å². The molecule has 0 radical (unpaired) electrons. The minimum absolute atomic E-state index is 0.132. The molecule has 2 nitrogen and oxygen atoms in total. The highest BCUT2D eigenvalue weighted by Gasteiger charge is 2.02. The molecule has 0 fully saturated rings. The second-order valence-corrected chi connectivity index (χ2v) is 5.25. The minimum atomic E-state index is -0.132. The van der Waals surface area contributed by atoms with Gasteiger partial charge in [-0.1, -0.05) is 34.8 Å². The van der Waals surface area contributed by atoms with Gasteiger partial charge >= 0.3 is 0 Å². The maximum Gasteiger partial charge on any atom is 0.187 e. The van der Waals surface area contributed by atoms with E-state index >= 15 is 0 Å². The maximum absolute atomic E-state index is 11.9. The lowest BCUT2D eigenvalue weighted by Crippen LogP contribution is -1.96. The summed E-state index contributed by atoms with van der Waals surface area (Å²) in [7, 11) is 0. The molecule has 0 saturated carbocycles. The largest absolute Gasteiger partial charge is 0.360 e. The summed E-state index contributed by atoms with van der Waals surface area (Å²) < 4.78 is 0. The van der Waals surface area contributed by atoms with Crippen molar-refractivity contribution in [1.82, 2.24) is 0 Å². The van der Waals surface area contributed by atoms with Gasteiger partial charge in [0.2, 0.25) is 0 Å². The van der Waals surface area contributed by atoms with Gasteiger partial charge in [-0.25, -0.2) is 0 Å². The van der Waals surface area contributed by atoms with Gasteiger partial charge in [-0.3, -0.25) is 4.79 Å². The Kier molecular flexibility index (Phi) is 5.07. The number of rotatable bonds is 4. The molecule has 2 rings (SSSR count). The monoisotopic (exact) mass is 325 g/mol. The maximum atomic E-state index is 11.9. The lowest BCUT2D eigenvalue weighted by atomic mass is 10.1. The van der Waals surface area contributed by atoms with Crippen LogP contribution in [0.2, 0.25) is 15.1 Å². The zero-order valence-corrected chi connectivity index (χ0v) is 12.5. The molecule has 1 N–H and O–H groups in total. The Morgan fingerprint density at radius 2 is 1.60 bits per heavy atom. The van der Waals surface area contributed by atoms with Gasteiger partial charge in [0.05, 0.1) is 10.7 Å². The van der Waals surface area contributed by atoms with Crippen LogP contribution in [0.4, 0.5) is 5.69 Å². The van der Waals surface area contributed by atoms with Crippen LogP contribution in [0.1, 0.15) is 10.4 Å². The van der Waals surface area contributed by atoms with Crippen molar-refractivity contribution in [1.29, 1.82) is 0 Å². The highest BCUT2D eigenvalue weighted by Crippen LogP contribution is 2.25. The van der Waals surface area contributed by atoms with Crippen LogP contribution in [0.15, 0.2) is 54.7 Å². The van der Waals surface area contributed by atoms with Gasteiger partial charge in [0.15, 0.2) is 5.78 Å². The number of allylic oxidation sites excluding steroid dienone is 1. The predicted octanol–water partition coefficient (Wildman–Crippen LogP) is 5.46. The van der Waals surface area contributed by atoms with Gasteiger partial charge in [0, 0.05) is 27.9 Å². The molecule has 102 valence electrons. The van der Waals surface area contributed by atoms with Crippen molar-refractivity contribution in [2.45, 2.75) is 0 Å². The number of carbonyl (C=O) groups is 1. The highest BCUT2D eigenvalue weighted by atomic mass is 35.5. The standard InChI is InChI=1S/C15H10Cl3NO/c16-11-3-1-10(2-4-11)15(20)7-8-19-14-9-12(17)5-6-13(14)18/h1-9,19H/b8-7+. The Balaban J connectivity index is 2.04. The second kappa shape index (κ2) is 6.80. The van der Waals surface area contributed by atoms with E-state index in [9.17, 15) is 4.79 Å². The van der Waals surface area contributed by atoms with Crippen molar-refractivity contribution in [2.24, 2.45) is 0 Å². The fourth-order valence-electron chi connectivity index (χ4n) is 1.53. The van der Waals surface area contributed by atoms with E-state index in [0.717, 1.165) is 0 Å². The summed E-state index contributed by atoms with van der Waals surface area (Å²) in [5.74, 6) is -0.132. The Morgan fingerprint density at radius 3 is 2.30 bits per heavy atom. The number of hydrogen-bond donors (Lipinski definition) is 1. The van der Waals surface area contributed by atoms with Gasteiger partial charge in [-0.15, -0.1) is 0 Å². The van der Waals surface area contributed by atoms with Crippen LogP contribution in [0, 0.1) is 0 Å². The quantitative estimate of drug-likeness (QED) is 0.597. The van der Waals surface area contributed by atoms with E-state index in [1.807, 2.05) is 0 Å². The number of carbonyl (C=O) groups excluding carboxylic acids is 1. The molecule has 20 heavy (non-hydrogen) atoms. The average Bonchev–Trinajstić information content (AvgIpc) is 2.43. The van der Waals surface area contributed by atoms with Gasteiger partial charge in [0.1, 0.15) is 0 Å². The zero-order chi connectivity index (χ0) is 14.5. The molecule has 0 aliphatic carbocycles. The predicted molar refractivity (Wildman–Crippen MR) is 85.0 cm³/mol. The first-order chi connectivity index (χ1) is 9.56. The molecule has 0 aliphatic heterocycles. The Hall–Kier alpha value is -1.48. The molecule has 0 aliphatic rings. The highest BCUT2D eigenvalue weighted by molar-refractivity contribution is 6.35. The minimum Gasteiger partial charge on any atom is -0.360 e. The van der Waals surface area contributed by atoms with Crippen LogP contribution < -0.4 is 5.32 Å². The first-order valence-corrected chi connectivity index (χ1v) is 6.88. The molecule has 0 amide bonds. The molecular weight excluding hydrogens is 317 g/mol. The number of halogens is 3. The summed E-state index contributed by atoms with van der Waals surface area (Å²) in [6, 6.07) is 11.7. The normalized spacial score (nSPS) is 10.8. The lowest BCUT2D eigenvalue weighted by Gasteiger charge is -2.03. The van der Waals surface area contributed by atoms with E-state index in [1.54, 1.807) is 42.5 Å². The average molecular weight is 327 g/mol. The van der Waals surface area contributed by atoms with Crippen LogP contribution in [0.3, 0.4) is 0 Å². The van der Waals surface area contributed by atoms with Crippen molar-refractivity contribution in [3.63, 3.8) is 0 Å². The molecule has 0 atom stereocenters. The zero-order valence-electron chi connectivity index (χ0n) is 10.2. The molecule has 0 spiro atoms. The lowest BCUT2D eigenvalue weighted by molar-refractivity contribution is 0.104. The summed E-state index contributed by atoms with van der Waals surface area (Å²) in [5, 5.41) is 4.60. The van der Waals surface area contributed by atoms with E-state index in [0.29, 0.717) is 26.3 Å². The first-order valence-electron chi connectivity index (χ1n) is 5.74. The van der Waals surface area contributed by atoms with Gasteiger partial charge in [-0.05, 0) is 42.5 Å². The summed E-state index contributed by atoms with van der Waals surface area (Å²) in [6.45, 7) is 0. The van der Waals surface area contributed by atoms with Crippen LogP contribution in [0.25, 0.3) is 0 Å². The van der Waals surface area contributed by atoms with Crippen molar-refractivity contribution < 1.29 is 4.79 Å². The van der Waals surface area contributed by atoms with Crippen molar-refractivity contribution >= 4 is 46.3 Å². The second-order valence-electron chi connectivity index (χ2n) is 3.97. The van der Waals surface area contributed by atoms with E-state index in [2.05, 4.69) is 5.32 Å². The molecule has 0 unspecified atom stereocenters. The number of ketones is 1. The van der Waals surface area contributed by atoms with Crippen molar-refractivity contribution in [3.8, 4) is 0 Å². The number of benzene rings is 2.